The Morgan fingerprint density at radius 2 is 1.90 bits per heavy atom. The molecule has 0 spiro atoms. The van der Waals surface area contributed by atoms with Crippen molar-refractivity contribution in [3.05, 3.63) is 70.1 Å². The van der Waals surface area contributed by atoms with Gasteiger partial charge in [-0.1, -0.05) is 23.7 Å². The van der Waals surface area contributed by atoms with Crippen LogP contribution in [0.2, 0.25) is 5.02 Å². The van der Waals surface area contributed by atoms with E-state index in [1.54, 1.807) is 16.8 Å². The zero-order valence-corrected chi connectivity index (χ0v) is 18.4. The Balaban J connectivity index is 1.63. The quantitative estimate of drug-likeness (QED) is 0.596. The molecule has 0 aliphatic heterocycles. The van der Waals surface area contributed by atoms with Gasteiger partial charge in [-0.05, 0) is 63.8 Å². The van der Waals surface area contributed by atoms with Crippen LogP contribution in [0.1, 0.15) is 27.4 Å². The lowest BCUT2D eigenvalue weighted by Gasteiger charge is -2.12. The highest BCUT2D eigenvalue weighted by molar-refractivity contribution is 6.33. The van der Waals surface area contributed by atoms with Crippen LogP contribution in [0.3, 0.4) is 0 Å². The number of hydrogen-bond acceptors (Lipinski definition) is 5. The zero-order chi connectivity index (χ0) is 21.7. The van der Waals surface area contributed by atoms with E-state index in [2.05, 4.69) is 20.3 Å². The molecule has 0 saturated carbocycles. The molecule has 2 heterocycles. The number of aryl methyl sites for hydroxylation is 2. The van der Waals surface area contributed by atoms with Crippen LogP contribution in [0.5, 0.6) is 5.75 Å². The minimum atomic E-state index is -0.338. The van der Waals surface area contributed by atoms with Crippen molar-refractivity contribution in [1.82, 2.24) is 25.0 Å². The molecule has 158 valence electrons. The second-order valence-electron chi connectivity index (χ2n) is 7.32. The van der Waals surface area contributed by atoms with Crippen molar-refractivity contribution in [2.24, 2.45) is 0 Å². The monoisotopic (exact) mass is 427 g/mol. The summed E-state index contributed by atoms with van der Waals surface area (Å²) in [5.41, 5.74) is 2.94. The molecule has 8 heteroatoms. The number of hydrogen-bond donors (Lipinski definition) is 1. The normalized spacial score (nSPS) is 11.0. The molecule has 0 aliphatic carbocycles. The first kappa shape index (κ1) is 21.8. The minimum absolute atomic E-state index is 0.172. The van der Waals surface area contributed by atoms with Gasteiger partial charge in [0.05, 0.1) is 10.7 Å². The largest absolute Gasteiger partial charge is 0.492 e. The number of aromatic nitrogens is 3. The van der Waals surface area contributed by atoms with Crippen LogP contribution < -0.4 is 10.1 Å². The first-order valence-corrected chi connectivity index (χ1v) is 10.1. The fraction of sp³-hybridized carbons (Fsp3) is 0.318. The van der Waals surface area contributed by atoms with E-state index in [0.717, 1.165) is 29.2 Å². The maximum absolute atomic E-state index is 12.7. The van der Waals surface area contributed by atoms with E-state index in [1.807, 2.05) is 58.3 Å². The molecule has 0 radical (unpaired) electrons. The van der Waals surface area contributed by atoms with E-state index in [4.69, 9.17) is 16.3 Å². The Morgan fingerprint density at radius 1 is 1.17 bits per heavy atom. The smallest absolute Gasteiger partial charge is 0.271 e. The topological polar surface area (TPSA) is 72.3 Å². The first-order chi connectivity index (χ1) is 14.3. The van der Waals surface area contributed by atoms with Gasteiger partial charge in [-0.15, -0.1) is 0 Å². The van der Waals surface area contributed by atoms with E-state index in [1.165, 1.54) is 0 Å². The van der Waals surface area contributed by atoms with Crippen molar-refractivity contribution >= 4 is 17.5 Å². The number of ether oxygens (including phenoxy) is 1. The Hall–Kier alpha value is -2.90. The Labute approximate surface area is 181 Å². The third-order valence-electron chi connectivity index (χ3n) is 4.46. The molecular formula is C22H26ClN5O2. The average molecular weight is 428 g/mol. The van der Waals surface area contributed by atoms with Crippen LogP contribution in [-0.4, -0.2) is 52.8 Å². The number of benzene rings is 1. The van der Waals surface area contributed by atoms with E-state index in [9.17, 15) is 4.79 Å². The van der Waals surface area contributed by atoms with Crippen LogP contribution in [0.25, 0.3) is 5.82 Å². The Kier molecular flexibility index (Phi) is 7.07. The average Bonchev–Trinajstić information content (AvgIpc) is 3.05. The highest BCUT2D eigenvalue weighted by Crippen LogP contribution is 2.18. The summed E-state index contributed by atoms with van der Waals surface area (Å²) in [6.07, 6.45) is 0. The summed E-state index contributed by atoms with van der Waals surface area (Å²) >= 11 is 6.22. The molecule has 0 bridgehead atoms. The SMILES string of the molecule is Cc1cc(C)n(-c2ccc(Cl)c(C(=O)NCc3ccc(OCCN(C)C)cc3)n2)n1. The molecule has 30 heavy (non-hydrogen) atoms. The maximum atomic E-state index is 12.7. The van der Waals surface area contributed by atoms with Gasteiger partial charge in [-0.3, -0.25) is 4.79 Å². The second-order valence-corrected chi connectivity index (χ2v) is 7.72. The summed E-state index contributed by atoms with van der Waals surface area (Å²) in [6, 6.07) is 13.0. The third-order valence-corrected chi connectivity index (χ3v) is 4.76. The van der Waals surface area contributed by atoms with Crippen LogP contribution in [0.4, 0.5) is 0 Å². The van der Waals surface area contributed by atoms with Gasteiger partial charge in [0.2, 0.25) is 0 Å². The number of likely N-dealkylation sites (N-methyl/N-ethyl adjacent to an activating group) is 1. The molecule has 0 saturated heterocycles. The molecule has 7 nitrogen and oxygen atoms in total. The molecule has 1 N–H and O–H groups in total. The number of amides is 1. The van der Waals surface area contributed by atoms with Gasteiger partial charge in [0.25, 0.3) is 5.91 Å². The van der Waals surface area contributed by atoms with E-state index in [-0.39, 0.29) is 11.6 Å². The second kappa shape index (κ2) is 9.73. The maximum Gasteiger partial charge on any atom is 0.271 e. The van der Waals surface area contributed by atoms with Gasteiger partial charge >= 0.3 is 0 Å². The predicted molar refractivity (Wildman–Crippen MR) is 118 cm³/mol. The van der Waals surface area contributed by atoms with Crippen molar-refractivity contribution < 1.29 is 9.53 Å². The summed E-state index contributed by atoms with van der Waals surface area (Å²) in [5, 5.41) is 7.57. The number of carbonyl (C=O) groups is 1. The summed E-state index contributed by atoms with van der Waals surface area (Å²) in [5.74, 6) is 1.01. The van der Waals surface area contributed by atoms with E-state index >= 15 is 0 Å². The lowest BCUT2D eigenvalue weighted by molar-refractivity contribution is 0.0946. The van der Waals surface area contributed by atoms with Crippen LogP contribution in [0, 0.1) is 13.8 Å². The zero-order valence-electron chi connectivity index (χ0n) is 17.6. The van der Waals surface area contributed by atoms with Gasteiger partial charge in [-0.2, -0.15) is 5.10 Å². The fourth-order valence-corrected chi connectivity index (χ4v) is 3.08. The van der Waals surface area contributed by atoms with E-state index in [0.29, 0.717) is 24.0 Å². The van der Waals surface area contributed by atoms with Gasteiger partial charge in [0, 0.05) is 18.8 Å². The summed E-state index contributed by atoms with van der Waals surface area (Å²) in [7, 11) is 4.01. The highest BCUT2D eigenvalue weighted by atomic mass is 35.5. The lowest BCUT2D eigenvalue weighted by Crippen LogP contribution is -2.24. The first-order valence-electron chi connectivity index (χ1n) is 9.68. The fourth-order valence-electron chi connectivity index (χ4n) is 2.89. The van der Waals surface area contributed by atoms with Crippen molar-refractivity contribution in [3.63, 3.8) is 0 Å². The van der Waals surface area contributed by atoms with Gasteiger partial charge in [0.15, 0.2) is 5.82 Å². The molecule has 0 aliphatic rings. The molecule has 0 atom stereocenters. The van der Waals surface area contributed by atoms with Crippen LogP contribution in [-0.2, 0) is 6.54 Å². The van der Waals surface area contributed by atoms with Crippen molar-refractivity contribution in [3.8, 4) is 11.6 Å². The van der Waals surface area contributed by atoms with Gasteiger partial charge < -0.3 is 15.0 Å². The van der Waals surface area contributed by atoms with Crippen LogP contribution in [0.15, 0.2) is 42.5 Å². The summed E-state index contributed by atoms with van der Waals surface area (Å²) in [4.78, 5) is 19.2. The van der Waals surface area contributed by atoms with E-state index < -0.39 is 0 Å². The molecule has 3 rings (SSSR count). The minimum Gasteiger partial charge on any atom is -0.492 e. The van der Waals surface area contributed by atoms with Crippen molar-refractivity contribution in [2.45, 2.75) is 20.4 Å². The lowest BCUT2D eigenvalue weighted by atomic mass is 10.2. The number of halogens is 1. The molecule has 0 unspecified atom stereocenters. The standard InChI is InChI=1S/C22H26ClN5O2/c1-15-13-16(2)28(26-15)20-10-9-19(23)21(25-20)22(29)24-14-17-5-7-18(8-6-17)30-12-11-27(3)4/h5-10,13H,11-12,14H2,1-4H3,(H,24,29). The summed E-state index contributed by atoms with van der Waals surface area (Å²) < 4.78 is 7.38. The molecule has 2 aromatic heterocycles. The molecule has 3 aromatic rings. The Morgan fingerprint density at radius 3 is 2.53 bits per heavy atom. The van der Waals surface area contributed by atoms with Gasteiger partial charge in [0.1, 0.15) is 18.1 Å². The number of nitrogens with zero attached hydrogens (tertiary/aromatic N) is 4. The number of pyridine rings is 1. The number of nitrogens with one attached hydrogen (secondary N) is 1. The van der Waals surface area contributed by atoms with Crippen molar-refractivity contribution in [1.29, 1.82) is 0 Å². The molecule has 1 aromatic carbocycles. The molecule has 1 amide bonds. The predicted octanol–water partition coefficient (Wildman–Crippen LogP) is 3.41. The molecule has 0 fully saturated rings. The van der Waals surface area contributed by atoms with Crippen LogP contribution >= 0.6 is 11.6 Å². The number of rotatable bonds is 8. The Bertz CT molecular complexity index is 1010. The van der Waals surface area contributed by atoms with Gasteiger partial charge in [-0.25, -0.2) is 9.67 Å². The highest BCUT2D eigenvalue weighted by Gasteiger charge is 2.15. The number of carbonyl (C=O) groups excluding carboxylic acids is 1. The molecular weight excluding hydrogens is 402 g/mol. The van der Waals surface area contributed by atoms with Crippen molar-refractivity contribution in [2.75, 3.05) is 27.2 Å². The third kappa shape index (κ3) is 5.58. The summed E-state index contributed by atoms with van der Waals surface area (Å²) in [6.45, 7) is 5.68.